The van der Waals surface area contributed by atoms with Crippen molar-refractivity contribution >= 4 is 17.6 Å². The molecule has 0 heterocycles. The van der Waals surface area contributed by atoms with Gasteiger partial charge in [-0.2, -0.15) is 0 Å². The maximum Gasteiger partial charge on any atom is 0.239 e. The first-order chi connectivity index (χ1) is 10.5. The van der Waals surface area contributed by atoms with E-state index < -0.39 is 0 Å². The molecule has 1 N–H and O–H groups in total. The lowest BCUT2D eigenvalue weighted by Crippen LogP contribution is -2.40. The number of nitrogens with zero attached hydrogens (tertiary/aromatic N) is 1. The van der Waals surface area contributed by atoms with Gasteiger partial charge < -0.3 is 10.2 Å². The minimum Gasteiger partial charge on any atom is -0.355 e. The maximum atomic E-state index is 12.1. The highest BCUT2D eigenvalue weighted by Gasteiger charge is 2.16. The Morgan fingerprint density at radius 1 is 1.05 bits per heavy atom. The van der Waals surface area contributed by atoms with Crippen molar-refractivity contribution in [2.75, 3.05) is 19.6 Å². The molecule has 0 saturated carbocycles. The van der Waals surface area contributed by atoms with Gasteiger partial charge in [-0.25, -0.2) is 0 Å². The monoisotopic (exact) mass is 304 g/mol. The summed E-state index contributed by atoms with van der Waals surface area (Å²) in [6.45, 7) is 6.64. The van der Waals surface area contributed by atoms with Crippen LogP contribution in [0.15, 0.2) is 24.3 Å². The molecule has 1 aromatic rings. The Balaban J connectivity index is 2.50. The lowest BCUT2D eigenvalue weighted by atomic mass is 10.0. The Kier molecular flexibility index (Phi) is 7.29. The van der Waals surface area contributed by atoms with Gasteiger partial charge in [0.2, 0.25) is 11.8 Å². The molecule has 22 heavy (non-hydrogen) atoms. The number of ketones is 1. The van der Waals surface area contributed by atoms with E-state index in [2.05, 4.69) is 5.32 Å². The highest BCUT2D eigenvalue weighted by molar-refractivity contribution is 5.98. The van der Waals surface area contributed by atoms with E-state index in [1.807, 2.05) is 32.9 Å². The Morgan fingerprint density at radius 3 is 2.23 bits per heavy atom. The summed E-state index contributed by atoms with van der Waals surface area (Å²) in [4.78, 5) is 37.1. The van der Waals surface area contributed by atoms with Gasteiger partial charge in [-0.15, -0.1) is 0 Å². The van der Waals surface area contributed by atoms with E-state index >= 15 is 0 Å². The Bertz CT molecular complexity index is 523. The number of nitrogens with one attached hydrogen (secondary N) is 1. The molecule has 0 radical (unpaired) electrons. The van der Waals surface area contributed by atoms with Gasteiger partial charge in [0, 0.05) is 31.5 Å². The van der Waals surface area contributed by atoms with Crippen LogP contribution in [0.2, 0.25) is 0 Å². The predicted octanol–water partition coefficient (Wildman–Crippen LogP) is 1.94. The smallest absolute Gasteiger partial charge is 0.239 e. The lowest BCUT2D eigenvalue weighted by Gasteiger charge is -2.20. The largest absolute Gasteiger partial charge is 0.355 e. The van der Waals surface area contributed by atoms with Crippen molar-refractivity contribution in [2.45, 2.75) is 33.6 Å². The van der Waals surface area contributed by atoms with Crippen LogP contribution >= 0.6 is 0 Å². The number of amides is 2. The summed E-state index contributed by atoms with van der Waals surface area (Å²) in [6.07, 6.45) is 0.285. The van der Waals surface area contributed by atoms with Gasteiger partial charge in [0.25, 0.3) is 0 Å². The van der Waals surface area contributed by atoms with E-state index in [-0.39, 0.29) is 37.0 Å². The second-order valence-electron chi connectivity index (χ2n) is 5.15. The van der Waals surface area contributed by atoms with Gasteiger partial charge in [-0.3, -0.25) is 14.4 Å². The number of aryl methyl sites for hydroxylation is 1. The highest BCUT2D eigenvalue weighted by atomic mass is 16.2. The molecule has 0 unspecified atom stereocenters. The predicted molar refractivity (Wildman–Crippen MR) is 85.7 cm³/mol. The third-order valence-electron chi connectivity index (χ3n) is 3.38. The van der Waals surface area contributed by atoms with Crippen LogP contribution in [0.3, 0.4) is 0 Å². The van der Waals surface area contributed by atoms with Crippen LogP contribution in [-0.2, 0) is 9.59 Å². The van der Waals surface area contributed by atoms with Crippen molar-refractivity contribution in [1.29, 1.82) is 0 Å². The van der Waals surface area contributed by atoms with Gasteiger partial charge in [0.1, 0.15) is 0 Å². The number of carbonyl (C=O) groups is 3. The lowest BCUT2D eigenvalue weighted by molar-refractivity contribution is -0.135. The summed E-state index contributed by atoms with van der Waals surface area (Å²) in [5, 5.41) is 2.66. The van der Waals surface area contributed by atoms with Crippen LogP contribution in [0.1, 0.15) is 42.6 Å². The summed E-state index contributed by atoms with van der Waals surface area (Å²) < 4.78 is 0. The molecule has 1 aromatic carbocycles. The fraction of sp³-hybridized carbons (Fsp3) is 0.471. The quantitative estimate of drug-likeness (QED) is 0.746. The van der Waals surface area contributed by atoms with Crippen molar-refractivity contribution in [3.63, 3.8) is 0 Å². The van der Waals surface area contributed by atoms with E-state index in [4.69, 9.17) is 0 Å². The summed E-state index contributed by atoms with van der Waals surface area (Å²) in [7, 11) is 0. The Labute approximate surface area is 131 Å². The number of rotatable bonds is 8. The molecular formula is C17H24N2O3. The van der Waals surface area contributed by atoms with Crippen LogP contribution < -0.4 is 5.32 Å². The fourth-order valence-electron chi connectivity index (χ4n) is 2.07. The molecule has 0 aliphatic carbocycles. The van der Waals surface area contributed by atoms with Crippen LogP contribution in [-0.4, -0.2) is 42.1 Å². The molecular weight excluding hydrogens is 280 g/mol. The van der Waals surface area contributed by atoms with Crippen LogP contribution in [0.4, 0.5) is 0 Å². The standard InChI is InChI=1S/C17H24N2O3/c1-4-18-16(21)12-19(5-2)17(22)11-10-15(20)14-8-6-13(3)7-9-14/h6-9H,4-5,10-12H2,1-3H3,(H,18,21). The van der Waals surface area contributed by atoms with Gasteiger partial charge in [0.05, 0.1) is 6.54 Å². The molecule has 0 aromatic heterocycles. The van der Waals surface area contributed by atoms with Crippen molar-refractivity contribution in [1.82, 2.24) is 10.2 Å². The second-order valence-corrected chi connectivity index (χ2v) is 5.15. The molecule has 2 amide bonds. The molecule has 0 atom stereocenters. The van der Waals surface area contributed by atoms with Crippen LogP contribution in [0.5, 0.6) is 0 Å². The zero-order valence-electron chi connectivity index (χ0n) is 13.5. The molecule has 120 valence electrons. The van der Waals surface area contributed by atoms with Gasteiger partial charge in [-0.1, -0.05) is 29.8 Å². The first-order valence-corrected chi connectivity index (χ1v) is 7.62. The first kappa shape index (κ1) is 17.9. The Morgan fingerprint density at radius 2 is 1.68 bits per heavy atom. The SMILES string of the molecule is CCNC(=O)CN(CC)C(=O)CCC(=O)c1ccc(C)cc1. The number of Topliss-reactive ketones (excluding diaryl/α,β-unsaturated/α-hetero) is 1. The molecule has 0 spiro atoms. The number of benzene rings is 1. The zero-order chi connectivity index (χ0) is 16.5. The van der Waals surface area contributed by atoms with Crippen molar-refractivity contribution in [3.05, 3.63) is 35.4 Å². The Hall–Kier alpha value is -2.17. The molecule has 1 rings (SSSR count). The van der Waals surface area contributed by atoms with Gasteiger partial charge in [-0.05, 0) is 20.8 Å². The number of carbonyl (C=O) groups excluding carboxylic acids is 3. The van der Waals surface area contributed by atoms with Crippen molar-refractivity contribution < 1.29 is 14.4 Å². The van der Waals surface area contributed by atoms with E-state index in [1.165, 1.54) is 4.90 Å². The van der Waals surface area contributed by atoms with E-state index in [9.17, 15) is 14.4 Å². The summed E-state index contributed by atoms with van der Waals surface area (Å²) in [6, 6.07) is 7.30. The number of hydrogen-bond donors (Lipinski definition) is 1. The average Bonchev–Trinajstić information content (AvgIpc) is 2.50. The van der Waals surface area contributed by atoms with Crippen LogP contribution in [0.25, 0.3) is 0 Å². The fourth-order valence-corrected chi connectivity index (χ4v) is 2.07. The molecule has 0 aliphatic rings. The minimum atomic E-state index is -0.178. The zero-order valence-corrected chi connectivity index (χ0v) is 13.5. The molecule has 0 saturated heterocycles. The molecule has 0 fully saturated rings. The van der Waals surface area contributed by atoms with E-state index in [0.29, 0.717) is 18.7 Å². The topological polar surface area (TPSA) is 66.5 Å². The van der Waals surface area contributed by atoms with Gasteiger partial charge >= 0.3 is 0 Å². The number of hydrogen-bond acceptors (Lipinski definition) is 3. The van der Waals surface area contributed by atoms with E-state index in [0.717, 1.165) is 5.56 Å². The van der Waals surface area contributed by atoms with Gasteiger partial charge in [0.15, 0.2) is 5.78 Å². The third-order valence-corrected chi connectivity index (χ3v) is 3.38. The summed E-state index contributed by atoms with van der Waals surface area (Å²) in [5.41, 5.74) is 1.71. The van der Waals surface area contributed by atoms with Crippen molar-refractivity contribution in [2.24, 2.45) is 0 Å². The summed E-state index contributed by atoms with van der Waals surface area (Å²) >= 11 is 0. The first-order valence-electron chi connectivity index (χ1n) is 7.62. The molecule has 0 aliphatic heterocycles. The van der Waals surface area contributed by atoms with Crippen LogP contribution in [0, 0.1) is 6.92 Å². The molecule has 5 heteroatoms. The molecule has 5 nitrogen and oxygen atoms in total. The van der Waals surface area contributed by atoms with Crippen molar-refractivity contribution in [3.8, 4) is 0 Å². The third kappa shape index (κ3) is 5.68. The highest BCUT2D eigenvalue weighted by Crippen LogP contribution is 2.08. The second kappa shape index (κ2) is 8.97. The number of likely N-dealkylation sites (N-methyl/N-ethyl adjacent to an activating group) is 2. The molecule has 0 bridgehead atoms. The summed E-state index contributed by atoms with van der Waals surface area (Å²) in [5.74, 6) is -0.404. The normalized spacial score (nSPS) is 10.1. The minimum absolute atomic E-state index is 0.0435. The average molecular weight is 304 g/mol. The maximum absolute atomic E-state index is 12.1. The van der Waals surface area contributed by atoms with E-state index in [1.54, 1.807) is 12.1 Å².